The van der Waals surface area contributed by atoms with Crippen molar-refractivity contribution >= 4 is 17.7 Å². The number of hydrogen-bond acceptors (Lipinski definition) is 4. The lowest BCUT2D eigenvalue weighted by molar-refractivity contribution is 0.0560. The highest BCUT2D eigenvalue weighted by molar-refractivity contribution is 6.21. The van der Waals surface area contributed by atoms with Gasteiger partial charge in [-0.15, -0.1) is 0 Å². The molecule has 4 rings (SSSR count). The Morgan fingerprint density at radius 3 is 2.23 bits per heavy atom. The normalized spacial score (nSPS) is 16.9. The van der Waals surface area contributed by atoms with Gasteiger partial charge in [0.25, 0.3) is 17.7 Å². The second kappa shape index (κ2) is 7.19. The summed E-state index contributed by atoms with van der Waals surface area (Å²) in [6.07, 6.45) is 2.63. The van der Waals surface area contributed by atoms with Gasteiger partial charge in [0.1, 0.15) is 0 Å². The molecule has 30 heavy (non-hydrogen) atoms. The minimum absolute atomic E-state index is 0.0414. The van der Waals surface area contributed by atoms with Crippen molar-refractivity contribution in [1.29, 1.82) is 0 Å². The zero-order valence-electron chi connectivity index (χ0n) is 17.2. The maximum absolute atomic E-state index is 13.6. The Balaban J connectivity index is 1.51. The standard InChI is InChI=1S/C22H23FN4O3/c1-22(2,3)27-9-8-18-17(21(27)30)13-25(24-18)11-14(10-23)12-26-19(28)15-6-4-5-7-16(15)20(26)29/h4-7,10,13H,8-9,11-12H2,1-3H3/b14-10-. The summed E-state index contributed by atoms with van der Waals surface area (Å²) in [6, 6.07) is 6.54. The van der Waals surface area contributed by atoms with Crippen LogP contribution in [0.3, 0.4) is 0 Å². The molecule has 0 radical (unpaired) electrons. The number of halogens is 1. The number of carbonyl (C=O) groups is 3. The zero-order chi connectivity index (χ0) is 21.6. The molecule has 0 fully saturated rings. The minimum Gasteiger partial charge on any atom is -0.333 e. The molecule has 0 atom stereocenters. The van der Waals surface area contributed by atoms with Crippen LogP contribution in [-0.2, 0) is 13.0 Å². The van der Waals surface area contributed by atoms with Gasteiger partial charge in [0, 0.05) is 24.7 Å². The van der Waals surface area contributed by atoms with Crippen LogP contribution in [0.5, 0.6) is 0 Å². The molecule has 156 valence electrons. The van der Waals surface area contributed by atoms with Crippen LogP contribution < -0.4 is 0 Å². The van der Waals surface area contributed by atoms with Crippen molar-refractivity contribution in [2.24, 2.45) is 0 Å². The molecular formula is C22H23FN4O3. The monoisotopic (exact) mass is 410 g/mol. The van der Waals surface area contributed by atoms with E-state index in [1.54, 1.807) is 35.4 Å². The highest BCUT2D eigenvalue weighted by Crippen LogP contribution is 2.26. The van der Waals surface area contributed by atoms with Gasteiger partial charge in [0.2, 0.25) is 0 Å². The molecule has 7 nitrogen and oxygen atoms in total. The van der Waals surface area contributed by atoms with Gasteiger partial charge in [-0.2, -0.15) is 5.10 Å². The fraction of sp³-hybridized carbons (Fsp3) is 0.364. The average molecular weight is 410 g/mol. The molecule has 0 N–H and O–H groups in total. The third-order valence-electron chi connectivity index (χ3n) is 5.45. The summed E-state index contributed by atoms with van der Waals surface area (Å²) in [7, 11) is 0. The van der Waals surface area contributed by atoms with Crippen molar-refractivity contribution in [1.82, 2.24) is 19.6 Å². The third-order valence-corrected chi connectivity index (χ3v) is 5.45. The molecule has 0 unspecified atom stereocenters. The Morgan fingerprint density at radius 2 is 1.67 bits per heavy atom. The van der Waals surface area contributed by atoms with Crippen molar-refractivity contribution in [2.75, 3.05) is 13.1 Å². The summed E-state index contributed by atoms with van der Waals surface area (Å²) in [4.78, 5) is 40.7. The number of amides is 3. The van der Waals surface area contributed by atoms with E-state index in [0.29, 0.717) is 41.7 Å². The lowest BCUT2D eigenvalue weighted by atomic mass is 9.99. The van der Waals surface area contributed by atoms with E-state index in [4.69, 9.17) is 0 Å². The zero-order valence-corrected chi connectivity index (χ0v) is 17.2. The maximum Gasteiger partial charge on any atom is 0.261 e. The van der Waals surface area contributed by atoms with Gasteiger partial charge in [0.15, 0.2) is 0 Å². The van der Waals surface area contributed by atoms with Crippen molar-refractivity contribution in [3.05, 3.63) is 64.7 Å². The highest BCUT2D eigenvalue weighted by atomic mass is 19.1. The Bertz CT molecular complexity index is 1050. The number of nitrogens with zero attached hydrogens (tertiary/aromatic N) is 4. The van der Waals surface area contributed by atoms with Crippen LogP contribution in [0.2, 0.25) is 0 Å². The molecule has 2 aliphatic rings. The van der Waals surface area contributed by atoms with Crippen molar-refractivity contribution in [3.63, 3.8) is 0 Å². The molecule has 0 saturated heterocycles. The third kappa shape index (κ3) is 3.32. The number of imide groups is 1. The SMILES string of the molecule is CC(C)(C)N1CCc2nn(C/C(=C/F)CN3C(=O)c4ccccc4C3=O)cc2C1=O. The predicted octanol–water partition coefficient (Wildman–Crippen LogP) is 2.83. The summed E-state index contributed by atoms with van der Waals surface area (Å²) in [5, 5.41) is 4.43. The second-order valence-corrected chi connectivity index (χ2v) is 8.57. The molecule has 3 amide bonds. The molecule has 3 heterocycles. The Morgan fingerprint density at radius 1 is 1.03 bits per heavy atom. The van der Waals surface area contributed by atoms with Crippen molar-refractivity contribution < 1.29 is 18.8 Å². The smallest absolute Gasteiger partial charge is 0.261 e. The van der Waals surface area contributed by atoms with Gasteiger partial charge >= 0.3 is 0 Å². The molecule has 0 saturated carbocycles. The quantitative estimate of drug-likeness (QED) is 0.727. The van der Waals surface area contributed by atoms with Gasteiger partial charge < -0.3 is 4.90 Å². The molecule has 1 aromatic heterocycles. The van der Waals surface area contributed by atoms with Crippen LogP contribution in [0.1, 0.15) is 57.5 Å². The van der Waals surface area contributed by atoms with E-state index < -0.39 is 11.8 Å². The first-order chi connectivity index (χ1) is 14.2. The van der Waals surface area contributed by atoms with Crippen molar-refractivity contribution in [2.45, 2.75) is 39.3 Å². The number of benzene rings is 1. The Labute approximate surface area is 173 Å². The lowest BCUT2D eigenvalue weighted by Crippen LogP contribution is -2.49. The lowest BCUT2D eigenvalue weighted by Gasteiger charge is -2.37. The number of hydrogen-bond donors (Lipinski definition) is 0. The van der Waals surface area contributed by atoms with Crippen LogP contribution in [-0.4, -0.2) is 55.9 Å². The number of fused-ring (bicyclic) bond motifs is 2. The molecule has 2 aromatic rings. The molecule has 0 spiro atoms. The Hall–Kier alpha value is -3.29. The van der Waals surface area contributed by atoms with Gasteiger partial charge in [-0.05, 0) is 38.5 Å². The summed E-state index contributed by atoms with van der Waals surface area (Å²) in [5.74, 6) is -0.975. The highest BCUT2D eigenvalue weighted by Gasteiger charge is 2.36. The number of rotatable bonds is 4. The van der Waals surface area contributed by atoms with Gasteiger partial charge in [-0.1, -0.05) is 12.1 Å². The molecular weight excluding hydrogens is 387 g/mol. The van der Waals surface area contributed by atoms with Gasteiger partial charge in [-0.3, -0.25) is 24.0 Å². The summed E-state index contributed by atoms with van der Waals surface area (Å²) in [6.45, 7) is 6.38. The molecule has 1 aromatic carbocycles. The maximum atomic E-state index is 13.6. The van der Waals surface area contributed by atoms with Crippen LogP contribution in [0.4, 0.5) is 4.39 Å². The van der Waals surface area contributed by atoms with E-state index in [-0.39, 0.29) is 30.1 Å². The van der Waals surface area contributed by atoms with E-state index in [1.165, 1.54) is 4.68 Å². The van der Waals surface area contributed by atoms with E-state index in [1.807, 2.05) is 20.8 Å². The predicted molar refractivity (Wildman–Crippen MR) is 108 cm³/mol. The Kier molecular flexibility index (Phi) is 4.80. The van der Waals surface area contributed by atoms with E-state index >= 15 is 0 Å². The first kappa shape index (κ1) is 20.0. The van der Waals surface area contributed by atoms with Crippen LogP contribution in [0.15, 0.2) is 42.4 Å². The van der Waals surface area contributed by atoms with E-state index in [2.05, 4.69) is 5.10 Å². The fourth-order valence-corrected chi connectivity index (χ4v) is 3.92. The van der Waals surface area contributed by atoms with Gasteiger partial charge in [-0.25, -0.2) is 4.39 Å². The molecule has 2 aliphatic heterocycles. The first-order valence-electron chi connectivity index (χ1n) is 9.82. The number of aromatic nitrogens is 2. The molecule has 8 heteroatoms. The van der Waals surface area contributed by atoms with Gasteiger partial charge in [0.05, 0.1) is 41.8 Å². The summed E-state index contributed by atoms with van der Waals surface area (Å²) in [5.41, 5.74) is 1.75. The van der Waals surface area contributed by atoms with Crippen LogP contribution in [0, 0.1) is 0 Å². The fourth-order valence-electron chi connectivity index (χ4n) is 3.92. The minimum atomic E-state index is -0.439. The first-order valence-corrected chi connectivity index (χ1v) is 9.82. The van der Waals surface area contributed by atoms with E-state index in [9.17, 15) is 18.8 Å². The molecule has 0 aliphatic carbocycles. The average Bonchev–Trinajstić information content (AvgIpc) is 3.22. The summed E-state index contributed by atoms with van der Waals surface area (Å²) < 4.78 is 15.1. The second-order valence-electron chi connectivity index (χ2n) is 8.57. The van der Waals surface area contributed by atoms with Crippen LogP contribution >= 0.6 is 0 Å². The summed E-state index contributed by atoms with van der Waals surface area (Å²) >= 11 is 0. The largest absolute Gasteiger partial charge is 0.333 e. The topological polar surface area (TPSA) is 75.5 Å². The number of carbonyl (C=O) groups excluding carboxylic acids is 3. The van der Waals surface area contributed by atoms with Crippen LogP contribution in [0.25, 0.3) is 0 Å². The molecule has 0 bridgehead atoms. The van der Waals surface area contributed by atoms with E-state index in [0.717, 1.165) is 4.90 Å². The van der Waals surface area contributed by atoms with Crippen molar-refractivity contribution in [3.8, 4) is 0 Å².